The summed E-state index contributed by atoms with van der Waals surface area (Å²) in [6.45, 7) is 0. The van der Waals surface area contributed by atoms with Gasteiger partial charge in [0.2, 0.25) is 10.0 Å². The van der Waals surface area contributed by atoms with Gasteiger partial charge in [-0.15, -0.1) is 0 Å². The maximum Gasteiger partial charge on any atom is 0.300 e. The number of hydrogen-bond acceptors (Lipinski definition) is 6. The number of benzene rings is 3. The highest BCUT2D eigenvalue weighted by molar-refractivity contribution is 7.89. The lowest BCUT2D eigenvalue weighted by molar-refractivity contribution is -0.132. The zero-order valence-electron chi connectivity index (χ0n) is 17.8. The van der Waals surface area contributed by atoms with Gasteiger partial charge < -0.3 is 9.84 Å². The third kappa shape index (κ3) is 4.04. The summed E-state index contributed by atoms with van der Waals surface area (Å²) in [6.07, 6.45) is 0. The van der Waals surface area contributed by atoms with Crippen molar-refractivity contribution in [3.05, 3.63) is 95.3 Å². The number of rotatable bonds is 5. The number of halogens is 1. The summed E-state index contributed by atoms with van der Waals surface area (Å²) in [5, 5.41) is 16.3. The molecule has 1 heterocycles. The van der Waals surface area contributed by atoms with Crippen molar-refractivity contribution in [2.24, 2.45) is 5.14 Å². The molecule has 10 heteroatoms. The van der Waals surface area contributed by atoms with Gasteiger partial charge in [-0.25, -0.2) is 17.9 Å². The third-order valence-electron chi connectivity index (χ3n) is 5.42. The van der Waals surface area contributed by atoms with E-state index in [4.69, 9.17) is 9.88 Å². The SMILES string of the molecule is COc1ccc(F)cc1/C(O)=C1\C(=O)C(=O)N(c2ccc(S(N)(=O)=O)cc2)C1c1ccccc1. The van der Waals surface area contributed by atoms with E-state index in [-0.39, 0.29) is 27.5 Å². The molecular formula is C24H19FN2O6S. The minimum Gasteiger partial charge on any atom is -0.507 e. The molecule has 3 aromatic rings. The molecule has 8 nitrogen and oxygen atoms in total. The van der Waals surface area contributed by atoms with E-state index in [1.165, 1.54) is 37.4 Å². The van der Waals surface area contributed by atoms with Crippen molar-refractivity contribution in [3.8, 4) is 5.75 Å². The van der Waals surface area contributed by atoms with Crippen LogP contribution in [0.25, 0.3) is 5.76 Å². The van der Waals surface area contributed by atoms with Crippen molar-refractivity contribution in [2.45, 2.75) is 10.9 Å². The van der Waals surface area contributed by atoms with Gasteiger partial charge in [0.1, 0.15) is 17.3 Å². The first-order chi connectivity index (χ1) is 16.1. The minimum absolute atomic E-state index is 0.0917. The zero-order valence-corrected chi connectivity index (χ0v) is 18.6. The van der Waals surface area contributed by atoms with Gasteiger partial charge in [0, 0.05) is 5.69 Å². The van der Waals surface area contributed by atoms with E-state index in [0.29, 0.717) is 5.56 Å². The van der Waals surface area contributed by atoms with Gasteiger partial charge in [-0.2, -0.15) is 0 Å². The topological polar surface area (TPSA) is 127 Å². The number of carbonyl (C=O) groups is 2. The number of amides is 1. The molecule has 1 aliphatic rings. The van der Waals surface area contributed by atoms with E-state index in [9.17, 15) is 27.5 Å². The molecule has 1 fully saturated rings. The smallest absolute Gasteiger partial charge is 0.300 e. The number of aliphatic hydroxyl groups excluding tert-OH is 1. The number of primary sulfonamides is 1. The second kappa shape index (κ2) is 8.73. The van der Waals surface area contributed by atoms with E-state index < -0.39 is 39.3 Å². The van der Waals surface area contributed by atoms with Gasteiger partial charge >= 0.3 is 0 Å². The number of nitrogens with zero attached hydrogens (tertiary/aromatic N) is 1. The highest BCUT2D eigenvalue weighted by Crippen LogP contribution is 2.43. The maximum atomic E-state index is 14.0. The van der Waals surface area contributed by atoms with E-state index in [1.54, 1.807) is 30.3 Å². The second-order valence-electron chi connectivity index (χ2n) is 7.46. The van der Waals surface area contributed by atoms with Gasteiger partial charge in [0.05, 0.1) is 29.2 Å². The molecule has 0 bridgehead atoms. The first-order valence-electron chi connectivity index (χ1n) is 9.96. The number of anilines is 1. The molecule has 1 atom stereocenters. The van der Waals surface area contributed by atoms with E-state index >= 15 is 0 Å². The molecule has 0 radical (unpaired) electrons. The molecule has 0 spiro atoms. The summed E-state index contributed by atoms with van der Waals surface area (Å²) in [5.41, 5.74) is 0.337. The minimum atomic E-state index is -3.97. The van der Waals surface area contributed by atoms with Crippen LogP contribution in [0.3, 0.4) is 0 Å². The lowest BCUT2D eigenvalue weighted by Crippen LogP contribution is -2.29. The van der Waals surface area contributed by atoms with Gasteiger partial charge in [0.15, 0.2) is 0 Å². The van der Waals surface area contributed by atoms with Crippen molar-refractivity contribution < 1.29 is 32.2 Å². The van der Waals surface area contributed by atoms with Crippen LogP contribution in [-0.4, -0.2) is 32.3 Å². The van der Waals surface area contributed by atoms with Crippen molar-refractivity contribution in [1.82, 2.24) is 0 Å². The van der Waals surface area contributed by atoms with Crippen LogP contribution in [-0.2, 0) is 19.6 Å². The number of Topliss-reactive ketones (excluding diaryl/α,β-unsaturated/α-hetero) is 1. The van der Waals surface area contributed by atoms with Gasteiger partial charge in [0.25, 0.3) is 11.7 Å². The largest absolute Gasteiger partial charge is 0.507 e. The summed E-state index contributed by atoms with van der Waals surface area (Å²) in [5.74, 6) is -3.12. The predicted octanol–water partition coefficient (Wildman–Crippen LogP) is 3.11. The fourth-order valence-electron chi connectivity index (χ4n) is 3.86. The average Bonchev–Trinajstić information content (AvgIpc) is 3.09. The fraction of sp³-hybridized carbons (Fsp3) is 0.0833. The molecule has 1 unspecified atom stereocenters. The first-order valence-corrected chi connectivity index (χ1v) is 11.5. The molecule has 0 saturated carbocycles. The van der Waals surface area contributed by atoms with Crippen molar-refractivity contribution in [3.63, 3.8) is 0 Å². The molecule has 1 amide bonds. The van der Waals surface area contributed by atoms with Crippen LogP contribution in [0.1, 0.15) is 17.2 Å². The number of sulfonamides is 1. The Bertz CT molecular complexity index is 1420. The van der Waals surface area contributed by atoms with Crippen LogP contribution >= 0.6 is 0 Å². The molecule has 3 aromatic carbocycles. The molecule has 1 saturated heterocycles. The number of aliphatic hydroxyl groups is 1. The fourth-order valence-corrected chi connectivity index (χ4v) is 4.37. The van der Waals surface area contributed by atoms with Gasteiger partial charge in [-0.1, -0.05) is 30.3 Å². The Morgan fingerprint density at radius 2 is 1.68 bits per heavy atom. The van der Waals surface area contributed by atoms with Crippen LogP contribution in [0.2, 0.25) is 0 Å². The predicted molar refractivity (Wildman–Crippen MR) is 122 cm³/mol. The van der Waals surface area contributed by atoms with Gasteiger partial charge in [-0.05, 0) is 48.0 Å². The summed E-state index contributed by atoms with van der Waals surface area (Å²) >= 11 is 0. The van der Waals surface area contributed by atoms with Crippen LogP contribution in [0, 0.1) is 5.82 Å². The lowest BCUT2D eigenvalue weighted by atomic mass is 9.95. The molecule has 0 aliphatic carbocycles. The number of methoxy groups -OCH3 is 1. The molecular weight excluding hydrogens is 463 g/mol. The summed E-state index contributed by atoms with van der Waals surface area (Å²) in [6, 6.07) is 15.9. The molecule has 0 aromatic heterocycles. The molecule has 174 valence electrons. The number of nitrogens with two attached hydrogens (primary N) is 1. The van der Waals surface area contributed by atoms with Crippen LogP contribution in [0.4, 0.5) is 10.1 Å². The Morgan fingerprint density at radius 3 is 2.26 bits per heavy atom. The molecule has 34 heavy (non-hydrogen) atoms. The van der Waals surface area contributed by atoms with E-state index in [0.717, 1.165) is 17.0 Å². The van der Waals surface area contributed by atoms with Crippen molar-refractivity contribution >= 4 is 33.2 Å². The summed E-state index contributed by atoms with van der Waals surface area (Å²) < 4.78 is 42.4. The maximum absolute atomic E-state index is 14.0. The Labute approximate surface area is 194 Å². The Hall–Kier alpha value is -4.02. The number of hydrogen-bond donors (Lipinski definition) is 2. The lowest BCUT2D eigenvalue weighted by Gasteiger charge is -2.25. The van der Waals surface area contributed by atoms with Crippen molar-refractivity contribution in [1.29, 1.82) is 0 Å². The standard InChI is InChI=1S/C24H19FN2O6S/c1-33-19-12-7-15(25)13-18(19)22(28)20-21(14-5-3-2-4-6-14)27(24(30)23(20)29)16-8-10-17(11-9-16)34(26,31)32/h2-13,21,28H,1H3,(H2,26,31,32)/b22-20+. The third-order valence-corrected chi connectivity index (χ3v) is 6.35. The van der Waals surface area contributed by atoms with Crippen molar-refractivity contribution in [2.75, 3.05) is 12.0 Å². The number of ketones is 1. The number of carbonyl (C=O) groups excluding carboxylic acids is 2. The molecule has 4 rings (SSSR count). The molecule has 1 aliphatic heterocycles. The summed E-state index contributed by atoms with van der Waals surface area (Å²) in [4.78, 5) is 27.2. The molecule has 3 N–H and O–H groups in total. The highest BCUT2D eigenvalue weighted by Gasteiger charge is 2.47. The van der Waals surface area contributed by atoms with Crippen LogP contribution in [0.5, 0.6) is 5.75 Å². The summed E-state index contributed by atoms with van der Waals surface area (Å²) in [7, 11) is -2.65. The highest BCUT2D eigenvalue weighted by atomic mass is 32.2. The average molecular weight is 482 g/mol. The monoisotopic (exact) mass is 482 g/mol. The second-order valence-corrected chi connectivity index (χ2v) is 9.02. The van der Waals surface area contributed by atoms with Crippen LogP contribution < -0.4 is 14.8 Å². The zero-order chi connectivity index (χ0) is 24.6. The quantitative estimate of drug-likeness (QED) is 0.327. The van der Waals surface area contributed by atoms with Gasteiger partial charge in [-0.3, -0.25) is 14.5 Å². The Kier molecular flexibility index (Phi) is 5.94. The van der Waals surface area contributed by atoms with Crippen LogP contribution in [0.15, 0.2) is 83.3 Å². The Balaban J connectivity index is 1.95. The Morgan fingerprint density at radius 1 is 1.03 bits per heavy atom. The van der Waals surface area contributed by atoms with E-state index in [1.807, 2.05) is 0 Å². The number of ether oxygens (including phenoxy) is 1. The van der Waals surface area contributed by atoms with E-state index in [2.05, 4.69) is 0 Å². The normalized spacial score (nSPS) is 17.7. The first kappa shape index (κ1) is 23.1.